The lowest BCUT2D eigenvalue weighted by molar-refractivity contribution is -0.390. The summed E-state index contributed by atoms with van der Waals surface area (Å²) >= 11 is 0. The molecule has 0 radical (unpaired) electrons. The van der Waals surface area contributed by atoms with Crippen molar-refractivity contribution in [2.45, 2.75) is 59.8 Å². The van der Waals surface area contributed by atoms with Crippen LogP contribution in [0.15, 0.2) is 30.5 Å². The first-order valence-corrected chi connectivity index (χ1v) is 7.68. The van der Waals surface area contributed by atoms with Gasteiger partial charge in [0.05, 0.1) is 11.1 Å². The average Bonchev–Trinajstić information content (AvgIpc) is 2.71. The Labute approximate surface area is 127 Å². The zero-order valence-corrected chi connectivity index (χ0v) is 14.0. The van der Waals surface area contributed by atoms with Crippen LogP contribution in [0, 0.1) is 12.8 Å². The zero-order chi connectivity index (χ0) is 15.6. The predicted molar refractivity (Wildman–Crippen MR) is 87.1 cm³/mol. The van der Waals surface area contributed by atoms with Crippen LogP contribution in [-0.4, -0.2) is 10.2 Å². The summed E-state index contributed by atoms with van der Waals surface area (Å²) in [5.74, 6) is 0.528. The van der Waals surface area contributed by atoms with Crippen LogP contribution in [0.4, 0.5) is 0 Å². The highest BCUT2D eigenvalue weighted by Crippen LogP contribution is 2.29. The molecule has 1 heterocycles. The highest BCUT2D eigenvalue weighted by Gasteiger charge is 2.21. The molecule has 0 fully saturated rings. The van der Waals surface area contributed by atoms with E-state index >= 15 is 0 Å². The standard InChI is InChI=1S/C18H27NO2/c1-13(2)11-17(20-21-18(4,5)6)19-12-14(3)15-9-7-8-10-16(15)19/h7-10,12-13,17H,11H2,1-6H3. The van der Waals surface area contributed by atoms with Crippen LogP contribution in [0.1, 0.15) is 52.8 Å². The fourth-order valence-electron chi connectivity index (χ4n) is 2.42. The number of para-hydroxylation sites is 1. The molecule has 0 amide bonds. The number of rotatable bonds is 5. The molecule has 116 valence electrons. The molecule has 1 aromatic carbocycles. The first-order valence-electron chi connectivity index (χ1n) is 7.68. The van der Waals surface area contributed by atoms with E-state index in [-0.39, 0.29) is 11.8 Å². The lowest BCUT2D eigenvalue weighted by Crippen LogP contribution is -2.24. The predicted octanol–water partition coefficient (Wildman–Crippen LogP) is 5.24. The van der Waals surface area contributed by atoms with Crippen molar-refractivity contribution in [1.82, 2.24) is 4.57 Å². The normalized spacial score (nSPS) is 14.0. The molecule has 0 spiro atoms. The van der Waals surface area contributed by atoms with Gasteiger partial charge >= 0.3 is 0 Å². The van der Waals surface area contributed by atoms with Crippen LogP contribution in [0.3, 0.4) is 0 Å². The largest absolute Gasteiger partial charge is 0.318 e. The molecule has 0 saturated heterocycles. The first-order chi connectivity index (χ1) is 9.78. The van der Waals surface area contributed by atoms with Gasteiger partial charge in [0, 0.05) is 11.6 Å². The van der Waals surface area contributed by atoms with Crippen LogP contribution < -0.4 is 0 Å². The molecule has 1 unspecified atom stereocenters. The maximum atomic E-state index is 5.79. The number of hydrogen-bond acceptors (Lipinski definition) is 2. The summed E-state index contributed by atoms with van der Waals surface area (Å²) in [7, 11) is 0. The minimum atomic E-state index is -0.312. The number of nitrogens with zero attached hydrogens (tertiary/aromatic N) is 1. The molecule has 0 aliphatic rings. The van der Waals surface area contributed by atoms with Crippen molar-refractivity contribution in [3.63, 3.8) is 0 Å². The Kier molecular flexibility index (Phi) is 4.74. The monoisotopic (exact) mass is 289 g/mol. The molecule has 0 aliphatic carbocycles. The van der Waals surface area contributed by atoms with Gasteiger partial charge in [-0.1, -0.05) is 32.0 Å². The maximum Gasteiger partial charge on any atom is 0.169 e. The second kappa shape index (κ2) is 6.20. The lowest BCUT2D eigenvalue weighted by atomic mass is 10.1. The minimum absolute atomic E-state index is 0.108. The van der Waals surface area contributed by atoms with E-state index in [2.05, 4.69) is 55.8 Å². The molecule has 1 aromatic heterocycles. The molecule has 0 N–H and O–H groups in total. The Morgan fingerprint density at radius 1 is 1.14 bits per heavy atom. The van der Waals surface area contributed by atoms with Crippen LogP contribution >= 0.6 is 0 Å². The molecule has 3 nitrogen and oxygen atoms in total. The van der Waals surface area contributed by atoms with Gasteiger partial charge < -0.3 is 4.57 Å². The quantitative estimate of drug-likeness (QED) is 0.555. The molecule has 21 heavy (non-hydrogen) atoms. The Balaban J connectivity index is 2.34. The van der Waals surface area contributed by atoms with Crippen LogP contribution in [0.5, 0.6) is 0 Å². The SMILES string of the molecule is Cc1cn(C(CC(C)C)OOC(C)(C)C)c2ccccc12. The molecule has 2 rings (SSSR count). The molecule has 0 saturated carbocycles. The number of fused-ring (bicyclic) bond motifs is 1. The molecule has 3 heteroatoms. The zero-order valence-electron chi connectivity index (χ0n) is 14.0. The van der Waals surface area contributed by atoms with Crippen LogP contribution in [-0.2, 0) is 9.78 Å². The fraction of sp³-hybridized carbons (Fsp3) is 0.556. The highest BCUT2D eigenvalue weighted by molar-refractivity contribution is 5.83. The van der Waals surface area contributed by atoms with Crippen molar-refractivity contribution < 1.29 is 9.78 Å². The van der Waals surface area contributed by atoms with Gasteiger partial charge in [0.25, 0.3) is 0 Å². The van der Waals surface area contributed by atoms with E-state index in [1.807, 2.05) is 20.8 Å². The third-order valence-corrected chi connectivity index (χ3v) is 3.33. The summed E-state index contributed by atoms with van der Waals surface area (Å²) in [6, 6.07) is 8.42. The summed E-state index contributed by atoms with van der Waals surface area (Å²) < 4.78 is 2.19. The van der Waals surface area contributed by atoms with Crippen LogP contribution in [0.25, 0.3) is 10.9 Å². The van der Waals surface area contributed by atoms with Gasteiger partial charge in [-0.3, -0.25) is 0 Å². The van der Waals surface area contributed by atoms with E-state index in [1.165, 1.54) is 16.5 Å². The van der Waals surface area contributed by atoms with Crippen molar-refractivity contribution in [1.29, 1.82) is 0 Å². The minimum Gasteiger partial charge on any atom is -0.318 e. The van der Waals surface area contributed by atoms with Gasteiger partial charge in [0.1, 0.15) is 0 Å². The smallest absolute Gasteiger partial charge is 0.169 e. The summed E-state index contributed by atoms with van der Waals surface area (Å²) in [5.41, 5.74) is 2.14. The van der Waals surface area contributed by atoms with E-state index < -0.39 is 0 Å². The molecule has 2 aromatic rings. The average molecular weight is 289 g/mol. The fourth-order valence-corrected chi connectivity index (χ4v) is 2.42. The third kappa shape index (κ3) is 4.08. The Bertz CT molecular complexity index is 593. The molecule has 0 bridgehead atoms. The Morgan fingerprint density at radius 2 is 1.81 bits per heavy atom. The topological polar surface area (TPSA) is 23.4 Å². The first kappa shape index (κ1) is 16.1. The van der Waals surface area contributed by atoms with Gasteiger partial charge in [0.15, 0.2) is 6.23 Å². The summed E-state index contributed by atoms with van der Waals surface area (Å²) in [6.07, 6.45) is 2.96. The molecular weight excluding hydrogens is 262 g/mol. The van der Waals surface area contributed by atoms with Crippen molar-refractivity contribution in [3.05, 3.63) is 36.0 Å². The van der Waals surface area contributed by atoms with Gasteiger partial charge in [-0.2, -0.15) is 0 Å². The van der Waals surface area contributed by atoms with E-state index in [0.717, 1.165) is 6.42 Å². The Morgan fingerprint density at radius 3 is 2.43 bits per heavy atom. The molecule has 0 aliphatic heterocycles. The number of aromatic nitrogens is 1. The van der Waals surface area contributed by atoms with E-state index in [0.29, 0.717) is 5.92 Å². The van der Waals surface area contributed by atoms with E-state index in [9.17, 15) is 0 Å². The summed E-state index contributed by atoms with van der Waals surface area (Å²) in [6.45, 7) is 12.5. The second-order valence-electron chi connectivity index (χ2n) is 7.11. The molecule has 1 atom stereocenters. The van der Waals surface area contributed by atoms with Gasteiger partial charge in [-0.15, -0.1) is 0 Å². The van der Waals surface area contributed by atoms with Gasteiger partial charge in [0.2, 0.25) is 0 Å². The summed E-state index contributed by atoms with van der Waals surface area (Å²) in [4.78, 5) is 11.4. The third-order valence-electron chi connectivity index (χ3n) is 3.33. The second-order valence-corrected chi connectivity index (χ2v) is 7.11. The van der Waals surface area contributed by atoms with Crippen molar-refractivity contribution in [3.8, 4) is 0 Å². The number of hydrogen-bond donors (Lipinski definition) is 0. The van der Waals surface area contributed by atoms with Gasteiger partial charge in [-0.05, 0) is 51.7 Å². The summed E-state index contributed by atoms with van der Waals surface area (Å²) in [5, 5.41) is 1.27. The van der Waals surface area contributed by atoms with Crippen LogP contribution in [0.2, 0.25) is 0 Å². The van der Waals surface area contributed by atoms with Crippen molar-refractivity contribution >= 4 is 10.9 Å². The molecular formula is C18H27NO2. The number of benzene rings is 1. The Hall–Kier alpha value is -1.32. The maximum absolute atomic E-state index is 5.79. The van der Waals surface area contributed by atoms with E-state index in [4.69, 9.17) is 9.78 Å². The highest BCUT2D eigenvalue weighted by atomic mass is 17.2. The van der Waals surface area contributed by atoms with Gasteiger partial charge in [-0.25, -0.2) is 9.78 Å². The lowest BCUT2D eigenvalue weighted by Gasteiger charge is -2.26. The number of aryl methyl sites for hydroxylation is 1. The van der Waals surface area contributed by atoms with Crippen molar-refractivity contribution in [2.24, 2.45) is 5.92 Å². The van der Waals surface area contributed by atoms with Crippen molar-refractivity contribution in [2.75, 3.05) is 0 Å². The van der Waals surface area contributed by atoms with E-state index in [1.54, 1.807) is 0 Å².